The van der Waals surface area contributed by atoms with Gasteiger partial charge in [0.05, 0.1) is 12.6 Å². The van der Waals surface area contributed by atoms with Crippen LogP contribution >= 0.6 is 0 Å². The van der Waals surface area contributed by atoms with Crippen LogP contribution in [0.2, 0.25) is 0 Å². The molecule has 3 unspecified atom stereocenters. The molecule has 0 spiro atoms. The quantitative estimate of drug-likeness (QED) is 0.335. The molecule has 88 valence electrons. The first-order valence-corrected chi connectivity index (χ1v) is 4.62. The van der Waals surface area contributed by atoms with Gasteiger partial charge >= 0.3 is 0 Å². The van der Waals surface area contributed by atoms with Crippen molar-refractivity contribution in [3.8, 4) is 0 Å². The van der Waals surface area contributed by atoms with Crippen LogP contribution in [0.5, 0.6) is 0 Å². The molecule has 0 aromatic carbocycles. The Kier molecular flexibility index (Phi) is 4.00. The summed E-state index contributed by atoms with van der Waals surface area (Å²) in [5.41, 5.74) is 5.51. The van der Waals surface area contributed by atoms with Crippen molar-refractivity contribution in [3.63, 3.8) is 0 Å². The maximum Gasteiger partial charge on any atom is 0.218 e. The van der Waals surface area contributed by atoms with Crippen molar-refractivity contribution in [1.82, 2.24) is 5.32 Å². The van der Waals surface area contributed by atoms with Crippen LogP contribution in [0.3, 0.4) is 0 Å². The first-order chi connectivity index (χ1) is 6.97. The Balaban J connectivity index is 2.69. The lowest BCUT2D eigenvalue weighted by molar-refractivity contribution is -0.198. The molecule has 1 heterocycles. The van der Waals surface area contributed by atoms with Crippen LogP contribution in [0.1, 0.15) is 6.92 Å². The van der Waals surface area contributed by atoms with Gasteiger partial charge in [0.15, 0.2) is 6.23 Å². The van der Waals surface area contributed by atoms with Gasteiger partial charge in [0.2, 0.25) is 5.91 Å². The van der Waals surface area contributed by atoms with Crippen LogP contribution in [0, 0.1) is 0 Å². The van der Waals surface area contributed by atoms with Crippen molar-refractivity contribution < 1.29 is 24.9 Å². The van der Waals surface area contributed by atoms with Gasteiger partial charge in [0.25, 0.3) is 0 Å². The van der Waals surface area contributed by atoms with Gasteiger partial charge in [-0.3, -0.25) is 4.79 Å². The Morgan fingerprint density at radius 1 is 1.47 bits per heavy atom. The maximum atomic E-state index is 10.8. The SMILES string of the molecule is CC(=O)N[C@@H]1OC(CO)[C@@H](O)C(N)C1O. The van der Waals surface area contributed by atoms with E-state index in [2.05, 4.69) is 5.32 Å². The molecule has 0 aromatic rings. The zero-order valence-corrected chi connectivity index (χ0v) is 8.33. The fourth-order valence-corrected chi connectivity index (χ4v) is 1.47. The van der Waals surface area contributed by atoms with Gasteiger partial charge in [-0.1, -0.05) is 0 Å². The first-order valence-electron chi connectivity index (χ1n) is 4.62. The molecule has 0 bridgehead atoms. The van der Waals surface area contributed by atoms with E-state index in [4.69, 9.17) is 15.6 Å². The number of nitrogens with one attached hydrogen (secondary N) is 1. The van der Waals surface area contributed by atoms with Crippen LogP contribution in [-0.4, -0.2) is 58.4 Å². The normalized spacial score (nSPS) is 41.3. The topological polar surface area (TPSA) is 125 Å². The molecular weight excluding hydrogens is 204 g/mol. The van der Waals surface area contributed by atoms with Crippen LogP contribution in [-0.2, 0) is 9.53 Å². The summed E-state index contributed by atoms with van der Waals surface area (Å²) in [7, 11) is 0. The van der Waals surface area contributed by atoms with E-state index in [1.54, 1.807) is 0 Å². The number of hydrogen-bond acceptors (Lipinski definition) is 6. The highest BCUT2D eigenvalue weighted by Gasteiger charge is 2.42. The van der Waals surface area contributed by atoms with Gasteiger partial charge in [-0.05, 0) is 0 Å². The molecule has 0 aliphatic carbocycles. The van der Waals surface area contributed by atoms with Gasteiger partial charge in [-0.15, -0.1) is 0 Å². The highest BCUT2D eigenvalue weighted by Crippen LogP contribution is 2.18. The number of carbonyl (C=O) groups is 1. The van der Waals surface area contributed by atoms with Crippen molar-refractivity contribution in [2.45, 2.75) is 37.5 Å². The average Bonchev–Trinajstić information content (AvgIpc) is 2.18. The molecule has 7 heteroatoms. The average molecular weight is 220 g/mol. The summed E-state index contributed by atoms with van der Waals surface area (Å²) in [5, 5.41) is 30.3. The summed E-state index contributed by atoms with van der Waals surface area (Å²) < 4.78 is 5.08. The van der Waals surface area contributed by atoms with Crippen LogP contribution in [0.25, 0.3) is 0 Å². The van der Waals surface area contributed by atoms with E-state index >= 15 is 0 Å². The summed E-state index contributed by atoms with van der Waals surface area (Å²) in [6, 6.07) is -0.965. The van der Waals surface area contributed by atoms with E-state index in [9.17, 15) is 15.0 Å². The molecule has 1 aliphatic rings. The maximum absolute atomic E-state index is 10.8. The fourth-order valence-electron chi connectivity index (χ4n) is 1.47. The highest BCUT2D eigenvalue weighted by atomic mass is 16.5. The molecule has 1 aliphatic heterocycles. The summed E-state index contributed by atoms with van der Waals surface area (Å²) in [5.74, 6) is -0.390. The molecule has 1 rings (SSSR count). The van der Waals surface area contributed by atoms with Gasteiger partial charge in [0, 0.05) is 6.92 Å². The molecule has 7 nitrogen and oxygen atoms in total. The number of nitrogens with two attached hydrogens (primary N) is 1. The van der Waals surface area contributed by atoms with Gasteiger partial charge in [-0.25, -0.2) is 0 Å². The first kappa shape index (κ1) is 12.3. The molecule has 0 aromatic heterocycles. The van der Waals surface area contributed by atoms with Crippen LogP contribution in [0.15, 0.2) is 0 Å². The van der Waals surface area contributed by atoms with Crippen molar-refractivity contribution in [2.75, 3.05) is 6.61 Å². The van der Waals surface area contributed by atoms with Crippen molar-refractivity contribution in [3.05, 3.63) is 0 Å². The fraction of sp³-hybridized carbons (Fsp3) is 0.875. The lowest BCUT2D eigenvalue weighted by Gasteiger charge is -2.40. The van der Waals surface area contributed by atoms with E-state index < -0.39 is 37.2 Å². The molecular formula is C8H16N2O5. The van der Waals surface area contributed by atoms with Crippen molar-refractivity contribution in [1.29, 1.82) is 0 Å². The van der Waals surface area contributed by atoms with Crippen LogP contribution in [0.4, 0.5) is 0 Å². The molecule has 1 amide bonds. The lowest BCUT2D eigenvalue weighted by Crippen LogP contribution is -2.65. The summed E-state index contributed by atoms with van der Waals surface area (Å²) in [4.78, 5) is 10.8. The number of ether oxygens (including phenoxy) is 1. The largest absolute Gasteiger partial charge is 0.394 e. The van der Waals surface area contributed by atoms with Gasteiger partial charge in [-0.2, -0.15) is 0 Å². The molecule has 0 saturated carbocycles. The standard InChI is InChI=1S/C8H16N2O5/c1-3(12)10-8-7(14)5(9)6(13)4(2-11)15-8/h4-8,11,13-14H,2,9H2,1H3,(H,10,12)/t4?,5?,6-,7?,8-/m1/s1. The highest BCUT2D eigenvalue weighted by molar-refractivity contribution is 5.73. The van der Waals surface area contributed by atoms with Crippen molar-refractivity contribution >= 4 is 5.91 Å². The van der Waals surface area contributed by atoms with Crippen molar-refractivity contribution in [2.24, 2.45) is 5.73 Å². The molecule has 1 saturated heterocycles. The van der Waals surface area contributed by atoms with Gasteiger partial charge in [0.1, 0.15) is 18.3 Å². The molecule has 6 N–H and O–H groups in total. The second kappa shape index (κ2) is 4.86. The number of carbonyl (C=O) groups excluding carboxylic acids is 1. The minimum Gasteiger partial charge on any atom is -0.394 e. The molecule has 15 heavy (non-hydrogen) atoms. The predicted molar refractivity (Wildman–Crippen MR) is 49.6 cm³/mol. The monoisotopic (exact) mass is 220 g/mol. The number of amides is 1. The third-order valence-electron chi connectivity index (χ3n) is 2.33. The zero-order chi connectivity index (χ0) is 11.6. The molecule has 1 fully saturated rings. The minimum absolute atomic E-state index is 0.390. The van der Waals surface area contributed by atoms with E-state index in [-0.39, 0.29) is 5.91 Å². The van der Waals surface area contributed by atoms with E-state index in [0.29, 0.717) is 0 Å². The number of rotatable bonds is 2. The minimum atomic E-state index is -1.20. The Labute approximate surface area is 86.8 Å². The third-order valence-corrected chi connectivity index (χ3v) is 2.33. The summed E-state index contributed by atoms with van der Waals surface area (Å²) in [6.07, 6.45) is -4.26. The summed E-state index contributed by atoms with van der Waals surface area (Å²) in [6.45, 7) is 0.832. The van der Waals surface area contributed by atoms with Gasteiger partial charge < -0.3 is 31.1 Å². The molecule has 5 atom stereocenters. The number of hydrogen-bond donors (Lipinski definition) is 5. The third kappa shape index (κ3) is 2.64. The second-order valence-corrected chi connectivity index (χ2v) is 3.54. The summed E-state index contributed by atoms with van der Waals surface area (Å²) >= 11 is 0. The Hall–Kier alpha value is -0.730. The predicted octanol–water partition coefficient (Wildman–Crippen LogP) is -3.11. The smallest absolute Gasteiger partial charge is 0.218 e. The van der Waals surface area contributed by atoms with E-state index in [1.165, 1.54) is 6.92 Å². The lowest BCUT2D eigenvalue weighted by atomic mass is 9.96. The number of aliphatic hydroxyl groups is 3. The van der Waals surface area contributed by atoms with E-state index in [1.807, 2.05) is 0 Å². The Bertz CT molecular complexity index is 235. The molecule has 0 radical (unpaired) electrons. The second-order valence-electron chi connectivity index (χ2n) is 3.54. The van der Waals surface area contributed by atoms with Crippen LogP contribution < -0.4 is 11.1 Å². The Morgan fingerprint density at radius 2 is 2.07 bits per heavy atom. The number of aliphatic hydroxyl groups excluding tert-OH is 3. The Morgan fingerprint density at radius 3 is 2.53 bits per heavy atom. The zero-order valence-electron chi connectivity index (χ0n) is 8.33. The van der Waals surface area contributed by atoms with E-state index in [0.717, 1.165) is 0 Å².